The maximum absolute atomic E-state index is 12.0. The van der Waals surface area contributed by atoms with E-state index in [-0.39, 0.29) is 11.9 Å². The molecule has 0 radical (unpaired) electrons. The van der Waals surface area contributed by atoms with Crippen LogP contribution in [0.4, 0.5) is 0 Å². The van der Waals surface area contributed by atoms with Crippen molar-refractivity contribution in [3.05, 3.63) is 53.9 Å². The third-order valence-corrected chi connectivity index (χ3v) is 3.96. The van der Waals surface area contributed by atoms with Gasteiger partial charge in [0.2, 0.25) is 5.91 Å². The normalized spacial score (nSPS) is 11.7. The van der Waals surface area contributed by atoms with E-state index in [0.717, 1.165) is 11.1 Å². The Morgan fingerprint density at radius 3 is 2.62 bits per heavy atom. The number of hydrogen-bond acceptors (Lipinski definition) is 5. The van der Waals surface area contributed by atoms with Crippen molar-refractivity contribution < 1.29 is 19.0 Å². The Hall–Kier alpha value is -2.60. The fourth-order valence-corrected chi connectivity index (χ4v) is 2.49. The summed E-state index contributed by atoms with van der Waals surface area (Å²) in [6.07, 6.45) is 4.62. The van der Waals surface area contributed by atoms with Gasteiger partial charge in [0.25, 0.3) is 0 Å². The average Bonchev–Trinajstić information content (AvgIpc) is 2.67. The first-order valence-corrected chi connectivity index (χ1v) is 8.62. The molecule has 26 heavy (non-hydrogen) atoms. The fraction of sp³-hybridized carbons (Fsp3) is 0.400. The van der Waals surface area contributed by atoms with Gasteiger partial charge in [-0.1, -0.05) is 6.07 Å². The second-order valence-electron chi connectivity index (χ2n) is 5.94. The van der Waals surface area contributed by atoms with Crippen molar-refractivity contribution in [1.29, 1.82) is 0 Å². The number of hydrogen-bond donors (Lipinski definition) is 1. The highest BCUT2D eigenvalue weighted by atomic mass is 16.5. The number of carbonyl (C=O) groups is 1. The Balaban J connectivity index is 1.97. The second-order valence-corrected chi connectivity index (χ2v) is 5.94. The summed E-state index contributed by atoms with van der Waals surface area (Å²) in [6.45, 7) is 2.96. The molecule has 0 spiro atoms. The zero-order valence-electron chi connectivity index (χ0n) is 15.5. The summed E-state index contributed by atoms with van der Waals surface area (Å²) in [7, 11) is 3.23. The molecule has 6 heteroatoms. The monoisotopic (exact) mass is 358 g/mol. The van der Waals surface area contributed by atoms with Crippen molar-refractivity contribution in [2.75, 3.05) is 20.8 Å². The lowest BCUT2D eigenvalue weighted by molar-refractivity contribution is -0.122. The number of carbonyl (C=O) groups excluding carboxylic acids is 1. The van der Waals surface area contributed by atoms with E-state index in [1.165, 1.54) is 0 Å². The lowest BCUT2D eigenvalue weighted by Crippen LogP contribution is -2.26. The van der Waals surface area contributed by atoms with Crippen LogP contribution in [0.25, 0.3) is 0 Å². The lowest BCUT2D eigenvalue weighted by atomic mass is 10.1. The second kappa shape index (κ2) is 10.4. The summed E-state index contributed by atoms with van der Waals surface area (Å²) in [5, 5.41) is 2.99. The molecule has 1 heterocycles. The van der Waals surface area contributed by atoms with Crippen LogP contribution in [0.1, 0.15) is 36.9 Å². The molecule has 0 bridgehead atoms. The number of nitrogens with zero attached hydrogens (tertiary/aromatic N) is 1. The number of amides is 1. The zero-order chi connectivity index (χ0) is 18.8. The number of aromatic nitrogens is 1. The van der Waals surface area contributed by atoms with Gasteiger partial charge in [-0.25, -0.2) is 0 Å². The average molecular weight is 358 g/mol. The van der Waals surface area contributed by atoms with Crippen LogP contribution in [0.5, 0.6) is 11.5 Å². The first-order chi connectivity index (χ1) is 12.6. The molecule has 2 aromatic rings. The molecule has 6 nitrogen and oxygen atoms in total. The topological polar surface area (TPSA) is 69.7 Å². The molecule has 0 fully saturated rings. The molecule has 0 aliphatic rings. The van der Waals surface area contributed by atoms with E-state index < -0.39 is 0 Å². The fourth-order valence-electron chi connectivity index (χ4n) is 2.49. The molecule has 1 atom stereocenters. The number of ether oxygens (including phenoxy) is 3. The molecule has 1 amide bonds. The molecular weight excluding hydrogens is 332 g/mol. The number of rotatable bonds is 10. The summed E-state index contributed by atoms with van der Waals surface area (Å²) < 4.78 is 16.3. The molecule has 140 valence electrons. The molecule has 2 rings (SSSR count). The van der Waals surface area contributed by atoms with Gasteiger partial charge in [0, 0.05) is 32.5 Å². The van der Waals surface area contributed by atoms with E-state index in [9.17, 15) is 4.79 Å². The Bertz CT molecular complexity index is 691. The zero-order valence-corrected chi connectivity index (χ0v) is 15.5. The minimum atomic E-state index is -0.117. The molecule has 0 saturated carbocycles. The summed E-state index contributed by atoms with van der Waals surface area (Å²) in [5.41, 5.74) is 1.99. The van der Waals surface area contributed by atoms with Gasteiger partial charge in [-0.3, -0.25) is 9.78 Å². The highest BCUT2D eigenvalue weighted by Crippen LogP contribution is 2.31. The van der Waals surface area contributed by atoms with E-state index in [1.54, 1.807) is 26.6 Å². The van der Waals surface area contributed by atoms with Crippen LogP contribution < -0.4 is 14.8 Å². The molecular formula is C20H26N2O4. The molecule has 1 aromatic carbocycles. The van der Waals surface area contributed by atoms with Crippen LogP contribution in [-0.2, 0) is 16.1 Å². The predicted octanol–water partition coefficient (Wildman–Crippen LogP) is 3.27. The van der Waals surface area contributed by atoms with E-state index in [1.807, 2.05) is 37.3 Å². The number of nitrogens with one attached hydrogen (secondary N) is 1. The Morgan fingerprint density at radius 2 is 1.92 bits per heavy atom. The molecule has 0 aliphatic carbocycles. The summed E-state index contributed by atoms with van der Waals surface area (Å²) in [4.78, 5) is 15.9. The SMILES string of the molecule is COCCCC(=O)NC(C)c1ccc(OCc2ccncc2)c(OC)c1. The highest BCUT2D eigenvalue weighted by molar-refractivity contribution is 5.76. The number of methoxy groups -OCH3 is 2. The van der Waals surface area contributed by atoms with Crippen LogP contribution in [0.3, 0.4) is 0 Å². The Morgan fingerprint density at radius 1 is 1.15 bits per heavy atom. The van der Waals surface area contributed by atoms with Crippen LogP contribution in [0.2, 0.25) is 0 Å². The molecule has 1 N–H and O–H groups in total. The van der Waals surface area contributed by atoms with Crippen molar-refractivity contribution >= 4 is 5.91 Å². The largest absolute Gasteiger partial charge is 0.493 e. The van der Waals surface area contributed by atoms with Crippen LogP contribution >= 0.6 is 0 Å². The standard InChI is InChI=1S/C20H26N2O4/c1-15(22-20(23)5-4-12-24-2)17-6-7-18(19(13-17)25-3)26-14-16-8-10-21-11-9-16/h6-11,13,15H,4-5,12,14H2,1-3H3,(H,22,23). The van der Waals surface area contributed by atoms with Crippen LogP contribution in [0.15, 0.2) is 42.7 Å². The maximum atomic E-state index is 12.0. The summed E-state index contributed by atoms with van der Waals surface area (Å²) >= 11 is 0. The van der Waals surface area contributed by atoms with E-state index >= 15 is 0 Å². The van der Waals surface area contributed by atoms with Crippen molar-refractivity contribution in [2.45, 2.75) is 32.4 Å². The van der Waals surface area contributed by atoms with Gasteiger partial charge < -0.3 is 19.5 Å². The van der Waals surface area contributed by atoms with Gasteiger partial charge in [0.15, 0.2) is 11.5 Å². The van der Waals surface area contributed by atoms with Gasteiger partial charge in [-0.05, 0) is 48.7 Å². The minimum Gasteiger partial charge on any atom is -0.493 e. The van der Waals surface area contributed by atoms with Crippen molar-refractivity contribution in [3.8, 4) is 11.5 Å². The van der Waals surface area contributed by atoms with E-state index in [0.29, 0.717) is 37.6 Å². The third kappa shape index (κ3) is 6.04. The maximum Gasteiger partial charge on any atom is 0.220 e. The quantitative estimate of drug-likeness (QED) is 0.660. The first-order valence-electron chi connectivity index (χ1n) is 8.62. The lowest BCUT2D eigenvalue weighted by Gasteiger charge is -2.17. The molecule has 1 aromatic heterocycles. The summed E-state index contributed by atoms with van der Waals surface area (Å²) in [6, 6.07) is 9.38. The molecule has 0 saturated heterocycles. The van der Waals surface area contributed by atoms with Crippen molar-refractivity contribution in [3.63, 3.8) is 0 Å². The third-order valence-electron chi connectivity index (χ3n) is 3.96. The smallest absolute Gasteiger partial charge is 0.220 e. The van der Waals surface area contributed by atoms with E-state index in [4.69, 9.17) is 14.2 Å². The number of benzene rings is 1. The molecule has 0 aliphatic heterocycles. The van der Waals surface area contributed by atoms with E-state index in [2.05, 4.69) is 10.3 Å². The van der Waals surface area contributed by atoms with Crippen molar-refractivity contribution in [2.24, 2.45) is 0 Å². The minimum absolute atomic E-state index is 0.00605. The van der Waals surface area contributed by atoms with Crippen LogP contribution in [-0.4, -0.2) is 31.7 Å². The Labute approximate surface area is 154 Å². The van der Waals surface area contributed by atoms with Gasteiger partial charge >= 0.3 is 0 Å². The number of pyridine rings is 1. The van der Waals surface area contributed by atoms with Gasteiger partial charge in [0.05, 0.1) is 13.2 Å². The van der Waals surface area contributed by atoms with Crippen molar-refractivity contribution in [1.82, 2.24) is 10.3 Å². The molecule has 1 unspecified atom stereocenters. The van der Waals surface area contributed by atoms with Gasteiger partial charge in [-0.2, -0.15) is 0 Å². The highest BCUT2D eigenvalue weighted by Gasteiger charge is 2.13. The Kier molecular flexibility index (Phi) is 7.89. The van der Waals surface area contributed by atoms with Gasteiger partial charge in [-0.15, -0.1) is 0 Å². The summed E-state index contributed by atoms with van der Waals surface area (Å²) in [5.74, 6) is 1.30. The first kappa shape index (κ1) is 19.7. The van der Waals surface area contributed by atoms with Crippen LogP contribution in [0, 0.1) is 0 Å². The van der Waals surface area contributed by atoms with Gasteiger partial charge in [0.1, 0.15) is 6.61 Å². The predicted molar refractivity (Wildman–Crippen MR) is 99.2 cm³/mol.